The van der Waals surface area contributed by atoms with Gasteiger partial charge in [-0.1, -0.05) is 49.2 Å². The second kappa shape index (κ2) is 6.70. The standard InChI is InChI=1S/C24H27NO2/c26-17-25-13-12-24-11-5-4-8-21(24)23(25)14-19-9-10-20(15-22(19)24)27-16-18-6-2-1-3-7-18/h1-3,6-7,9-10,15,17,21,23H,4-5,8,11-14,16H2/t21?,23-,24+/m1/s1. The summed E-state index contributed by atoms with van der Waals surface area (Å²) in [6.45, 7) is 1.51. The number of ether oxygens (including phenoxy) is 1. The molecule has 0 N–H and O–H groups in total. The maximum atomic E-state index is 11.6. The van der Waals surface area contributed by atoms with Crippen molar-refractivity contribution in [2.75, 3.05) is 6.54 Å². The maximum absolute atomic E-state index is 11.6. The Hall–Kier alpha value is -2.29. The zero-order valence-corrected chi connectivity index (χ0v) is 15.8. The first-order chi connectivity index (χ1) is 13.3. The highest BCUT2D eigenvalue weighted by atomic mass is 16.5. The third-order valence-electron chi connectivity index (χ3n) is 7.23. The van der Waals surface area contributed by atoms with Gasteiger partial charge in [0.05, 0.1) is 0 Å². The molecule has 0 aromatic heterocycles. The molecule has 3 atom stereocenters. The number of piperidine rings is 1. The zero-order valence-electron chi connectivity index (χ0n) is 15.8. The Balaban J connectivity index is 1.48. The number of hydrogen-bond acceptors (Lipinski definition) is 2. The summed E-state index contributed by atoms with van der Waals surface area (Å²) in [6.07, 6.45) is 8.31. The number of rotatable bonds is 4. The molecule has 2 aromatic carbocycles. The van der Waals surface area contributed by atoms with E-state index in [2.05, 4.69) is 47.4 Å². The summed E-state index contributed by atoms with van der Waals surface area (Å²) in [6, 6.07) is 17.4. The fraction of sp³-hybridized carbons (Fsp3) is 0.458. The van der Waals surface area contributed by atoms with E-state index in [4.69, 9.17) is 4.74 Å². The normalized spacial score (nSPS) is 28.8. The van der Waals surface area contributed by atoms with E-state index in [1.54, 1.807) is 0 Å². The summed E-state index contributed by atoms with van der Waals surface area (Å²) in [5.74, 6) is 1.59. The molecule has 3 heteroatoms. The van der Waals surface area contributed by atoms with Gasteiger partial charge in [0.15, 0.2) is 0 Å². The van der Waals surface area contributed by atoms with Crippen LogP contribution in [0.3, 0.4) is 0 Å². The summed E-state index contributed by atoms with van der Waals surface area (Å²) in [4.78, 5) is 13.7. The molecule has 1 saturated heterocycles. The Kier molecular flexibility index (Phi) is 4.18. The number of benzene rings is 2. The van der Waals surface area contributed by atoms with Gasteiger partial charge in [-0.15, -0.1) is 0 Å². The first-order valence-electron chi connectivity index (χ1n) is 10.3. The molecule has 0 radical (unpaired) electrons. The number of amides is 1. The average molecular weight is 361 g/mol. The Labute approximate surface area is 161 Å². The van der Waals surface area contributed by atoms with Gasteiger partial charge in [-0.2, -0.15) is 0 Å². The first kappa shape index (κ1) is 16.9. The fourth-order valence-corrected chi connectivity index (χ4v) is 5.98. The van der Waals surface area contributed by atoms with Crippen molar-refractivity contribution >= 4 is 6.41 Å². The highest BCUT2D eigenvalue weighted by molar-refractivity contribution is 5.52. The van der Waals surface area contributed by atoms with Crippen LogP contribution < -0.4 is 4.74 Å². The Morgan fingerprint density at radius 3 is 2.85 bits per heavy atom. The summed E-state index contributed by atoms with van der Waals surface area (Å²) in [7, 11) is 0. The van der Waals surface area contributed by atoms with Gasteiger partial charge in [0.2, 0.25) is 6.41 Å². The highest BCUT2D eigenvalue weighted by Gasteiger charge is 2.53. The van der Waals surface area contributed by atoms with Gasteiger partial charge in [0, 0.05) is 18.0 Å². The molecule has 27 heavy (non-hydrogen) atoms. The molecule has 3 aliphatic rings. The van der Waals surface area contributed by atoms with Gasteiger partial charge in [0.1, 0.15) is 12.4 Å². The molecular weight excluding hydrogens is 334 g/mol. The number of fused-ring (bicyclic) bond motifs is 1. The molecule has 1 amide bonds. The minimum absolute atomic E-state index is 0.252. The zero-order chi connectivity index (χ0) is 18.3. The molecule has 1 saturated carbocycles. The van der Waals surface area contributed by atoms with Crippen LogP contribution in [0.4, 0.5) is 0 Å². The van der Waals surface area contributed by atoms with E-state index in [1.165, 1.54) is 42.4 Å². The molecule has 5 rings (SSSR count). The summed E-state index contributed by atoms with van der Waals surface area (Å²) >= 11 is 0. The lowest BCUT2D eigenvalue weighted by atomic mass is 9.52. The largest absolute Gasteiger partial charge is 0.489 e. The maximum Gasteiger partial charge on any atom is 0.209 e. The molecule has 2 bridgehead atoms. The third kappa shape index (κ3) is 2.75. The molecular formula is C24H27NO2. The van der Waals surface area contributed by atoms with E-state index in [0.29, 0.717) is 18.6 Å². The number of carbonyl (C=O) groups excluding carboxylic acids is 1. The quantitative estimate of drug-likeness (QED) is 0.752. The predicted octanol–water partition coefficient (Wildman–Crippen LogP) is 4.48. The van der Waals surface area contributed by atoms with Crippen molar-refractivity contribution in [2.45, 2.75) is 56.6 Å². The monoisotopic (exact) mass is 361 g/mol. The molecule has 2 aliphatic carbocycles. The first-order valence-corrected chi connectivity index (χ1v) is 10.3. The molecule has 2 aromatic rings. The van der Waals surface area contributed by atoms with Crippen molar-refractivity contribution in [3.63, 3.8) is 0 Å². The fourth-order valence-electron chi connectivity index (χ4n) is 5.98. The van der Waals surface area contributed by atoms with Gasteiger partial charge < -0.3 is 9.64 Å². The van der Waals surface area contributed by atoms with Gasteiger partial charge in [0.25, 0.3) is 0 Å². The molecule has 140 valence electrons. The Morgan fingerprint density at radius 1 is 1.11 bits per heavy atom. The molecule has 3 nitrogen and oxygen atoms in total. The Bertz CT molecular complexity index is 834. The van der Waals surface area contributed by atoms with Gasteiger partial charge in [-0.25, -0.2) is 0 Å². The topological polar surface area (TPSA) is 29.5 Å². The van der Waals surface area contributed by atoms with Crippen molar-refractivity contribution in [1.82, 2.24) is 4.90 Å². The summed E-state index contributed by atoms with van der Waals surface area (Å²) < 4.78 is 6.15. The second-order valence-electron chi connectivity index (χ2n) is 8.47. The summed E-state index contributed by atoms with van der Waals surface area (Å²) in [5, 5.41) is 0. The van der Waals surface area contributed by atoms with Crippen LogP contribution in [-0.4, -0.2) is 23.9 Å². The third-order valence-corrected chi connectivity index (χ3v) is 7.23. The molecule has 1 unspecified atom stereocenters. The highest BCUT2D eigenvalue weighted by Crippen LogP contribution is 2.56. The average Bonchev–Trinajstić information content (AvgIpc) is 2.73. The van der Waals surface area contributed by atoms with Crippen LogP contribution in [0.1, 0.15) is 48.8 Å². The molecule has 2 fully saturated rings. The lowest BCUT2D eigenvalue weighted by Gasteiger charge is -2.58. The smallest absolute Gasteiger partial charge is 0.209 e. The number of carbonyl (C=O) groups is 1. The van der Waals surface area contributed by atoms with E-state index < -0.39 is 0 Å². The minimum atomic E-state index is 0.252. The van der Waals surface area contributed by atoms with E-state index in [9.17, 15) is 4.79 Å². The van der Waals surface area contributed by atoms with Crippen LogP contribution in [0, 0.1) is 5.92 Å². The lowest BCUT2D eigenvalue weighted by molar-refractivity contribution is -0.126. The number of nitrogens with zero attached hydrogens (tertiary/aromatic N) is 1. The second-order valence-corrected chi connectivity index (χ2v) is 8.47. The van der Waals surface area contributed by atoms with E-state index in [1.807, 2.05) is 6.07 Å². The minimum Gasteiger partial charge on any atom is -0.489 e. The number of hydrogen-bond donors (Lipinski definition) is 0. The molecule has 0 spiro atoms. The van der Waals surface area contributed by atoms with Gasteiger partial charge >= 0.3 is 0 Å². The van der Waals surface area contributed by atoms with Crippen LogP contribution >= 0.6 is 0 Å². The van der Waals surface area contributed by atoms with Crippen LogP contribution in [0.5, 0.6) is 5.75 Å². The lowest BCUT2D eigenvalue weighted by Crippen LogP contribution is -2.60. The van der Waals surface area contributed by atoms with Crippen molar-refractivity contribution in [3.05, 3.63) is 65.2 Å². The van der Waals surface area contributed by atoms with E-state index >= 15 is 0 Å². The van der Waals surface area contributed by atoms with Crippen molar-refractivity contribution in [1.29, 1.82) is 0 Å². The van der Waals surface area contributed by atoms with Crippen LogP contribution in [-0.2, 0) is 23.2 Å². The summed E-state index contributed by atoms with van der Waals surface area (Å²) in [5.41, 5.74) is 4.39. The molecule has 1 heterocycles. The van der Waals surface area contributed by atoms with Crippen LogP contribution in [0.15, 0.2) is 48.5 Å². The van der Waals surface area contributed by atoms with Crippen LogP contribution in [0.2, 0.25) is 0 Å². The van der Waals surface area contributed by atoms with Gasteiger partial charge in [-0.05, 0) is 60.4 Å². The SMILES string of the molecule is O=CN1CC[C@@]23CCCCC2[C@H]1Cc1ccc(OCc2ccccc2)cc13. The van der Waals surface area contributed by atoms with E-state index in [-0.39, 0.29) is 5.41 Å². The Morgan fingerprint density at radius 2 is 2.00 bits per heavy atom. The van der Waals surface area contributed by atoms with Crippen molar-refractivity contribution < 1.29 is 9.53 Å². The number of likely N-dealkylation sites (tertiary alicyclic amines) is 1. The van der Waals surface area contributed by atoms with Crippen molar-refractivity contribution in [3.8, 4) is 5.75 Å². The van der Waals surface area contributed by atoms with Crippen LogP contribution in [0.25, 0.3) is 0 Å². The molecule has 1 aliphatic heterocycles. The van der Waals surface area contributed by atoms with Gasteiger partial charge in [-0.3, -0.25) is 4.79 Å². The van der Waals surface area contributed by atoms with E-state index in [0.717, 1.165) is 31.5 Å². The van der Waals surface area contributed by atoms with Crippen molar-refractivity contribution in [2.24, 2.45) is 5.92 Å². The predicted molar refractivity (Wildman–Crippen MR) is 106 cm³/mol.